The van der Waals surface area contributed by atoms with Crippen molar-refractivity contribution in [1.29, 1.82) is 0 Å². The van der Waals surface area contributed by atoms with Crippen LogP contribution in [0.3, 0.4) is 0 Å². The van der Waals surface area contributed by atoms with E-state index in [9.17, 15) is 9.90 Å². The molecular weight excluding hydrogens is 258 g/mol. The van der Waals surface area contributed by atoms with Gasteiger partial charge >= 0.3 is 0 Å². The van der Waals surface area contributed by atoms with Crippen molar-refractivity contribution < 1.29 is 9.90 Å². The highest BCUT2D eigenvalue weighted by atomic mass is 32.1. The number of aryl methyl sites for hydroxylation is 2. The van der Waals surface area contributed by atoms with Crippen molar-refractivity contribution in [2.24, 2.45) is 11.8 Å². The molecule has 1 aromatic rings. The van der Waals surface area contributed by atoms with Crippen LogP contribution in [0.25, 0.3) is 0 Å². The molecule has 1 heterocycles. The summed E-state index contributed by atoms with van der Waals surface area (Å²) >= 11 is 1.66. The fourth-order valence-corrected chi connectivity index (χ4v) is 4.54. The highest BCUT2D eigenvalue weighted by Crippen LogP contribution is 2.32. The Morgan fingerprint density at radius 1 is 1.32 bits per heavy atom. The van der Waals surface area contributed by atoms with Crippen molar-refractivity contribution in [3.05, 3.63) is 21.4 Å². The van der Waals surface area contributed by atoms with E-state index >= 15 is 0 Å². The fraction of sp³-hybridized carbons (Fsp3) is 0.667. The Hall–Kier alpha value is -0.870. The zero-order valence-electron chi connectivity index (χ0n) is 11.2. The number of nitrogens with one attached hydrogen (secondary N) is 1. The predicted octanol–water partition coefficient (Wildman–Crippen LogP) is 2.38. The minimum absolute atomic E-state index is 0.0722. The molecule has 0 saturated heterocycles. The molecule has 1 amide bonds. The fourth-order valence-electron chi connectivity index (χ4n) is 3.37. The van der Waals surface area contributed by atoms with E-state index < -0.39 is 0 Å². The molecule has 2 N–H and O–H groups in total. The quantitative estimate of drug-likeness (QED) is 0.889. The van der Waals surface area contributed by atoms with Gasteiger partial charge in [0.25, 0.3) is 5.91 Å². The molecule has 0 aliphatic heterocycles. The van der Waals surface area contributed by atoms with Crippen molar-refractivity contribution in [2.45, 2.75) is 38.5 Å². The minimum atomic E-state index is 0.0722. The van der Waals surface area contributed by atoms with Crippen molar-refractivity contribution in [3.63, 3.8) is 0 Å². The van der Waals surface area contributed by atoms with Gasteiger partial charge < -0.3 is 10.4 Å². The number of aliphatic hydroxyl groups is 1. The normalized spacial score (nSPS) is 25.5. The summed E-state index contributed by atoms with van der Waals surface area (Å²) in [6, 6.07) is 2.07. The van der Waals surface area contributed by atoms with Crippen molar-refractivity contribution >= 4 is 17.2 Å². The first-order valence-electron chi connectivity index (χ1n) is 7.28. The molecule has 0 spiro atoms. The lowest BCUT2D eigenvalue weighted by Crippen LogP contribution is -2.31. The van der Waals surface area contributed by atoms with Crippen LogP contribution < -0.4 is 5.32 Å². The number of amides is 1. The van der Waals surface area contributed by atoms with Crippen molar-refractivity contribution in [1.82, 2.24) is 5.32 Å². The first-order valence-corrected chi connectivity index (χ1v) is 8.10. The van der Waals surface area contributed by atoms with Gasteiger partial charge in [0.15, 0.2) is 0 Å². The maximum Gasteiger partial charge on any atom is 0.261 e. The SMILES string of the molecule is O=C(NCC1CCCC1CO)c1cc2c(s1)CCC2. The molecule has 3 nitrogen and oxygen atoms in total. The van der Waals surface area contributed by atoms with E-state index in [1.807, 2.05) is 0 Å². The van der Waals surface area contributed by atoms with Crippen LogP contribution in [-0.2, 0) is 12.8 Å². The van der Waals surface area contributed by atoms with Crippen molar-refractivity contribution in [2.75, 3.05) is 13.2 Å². The topological polar surface area (TPSA) is 49.3 Å². The minimum Gasteiger partial charge on any atom is -0.396 e. The Kier molecular flexibility index (Phi) is 3.89. The van der Waals surface area contributed by atoms with E-state index in [-0.39, 0.29) is 12.5 Å². The largest absolute Gasteiger partial charge is 0.396 e. The van der Waals surface area contributed by atoms with Gasteiger partial charge in [-0.2, -0.15) is 0 Å². The number of carbonyl (C=O) groups excluding carboxylic acids is 1. The van der Waals surface area contributed by atoms with Crippen LogP contribution in [0.2, 0.25) is 0 Å². The molecule has 1 saturated carbocycles. The maximum absolute atomic E-state index is 12.1. The molecule has 2 aliphatic rings. The summed E-state index contributed by atoms with van der Waals surface area (Å²) in [5, 5.41) is 12.3. The van der Waals surface area contributed by atoms with Crippen LogP contribution in [0.5, 0.6) is 0 Å². The summed E-state index contributed by atoms with van der Waals surface area (Å²) in [7, 11) is 0. The summed E-state index contributed by atoms with van der Waals surface area (Å²) in [6.45, 7) is 0.973. The molecule has 0 aromatic carbocycles. The lowest BCUT2D eigenvalue weighted by Gasteiger charge is -2.17. The van der Waals surface area contributed by atoms with Gasteiger partial charge in [0, 0.05) is 18.0 Å². The van der Waals surface area contributed by atoms with Gasteiger partial charge in [-0.3, -0.25) is 4.79 Å². The Morgan fingerprint density at radius 3 is 2.95 bits per heavy atom. The third-order valence-electron chi connectivity index (χ3n) is 4.55. The molecule has 1 fully saturated rings. The molecule has 4 heteroatoms. The summed E-state index contributed by atoms with van der Waals surface area (Å²) in [6.07, 6.45) is 6.93. The lowest BCUT2D eigenvalue weighted by atomic mass is 9.97. The van der Waals surface area contributed by atoms with E-state index in [1.54, 1.807) is 11.3 Å². The van der Waals surface area contributed by atoms with Gasteiger partial charge in [-0.05, 0) is 55.6 Å². The van der Waals surface area contributed by atoms with E-state index in [1.165, 1.54) is 23.3 Å². The molecule has 1 aromatic heterocycles. The van der Waals surface area contributed by atoms with Crippen LogP contribution in [0.15, 0.2) is 6.07 Å². The Bertz CT molecular complexity index is 447. The molecule has 19 heavy (non-hydrogen) atoms. The summed E-state index contributed by atoms with van der Waals surface area (Å²) in [5.74, 6) is 0.914. The molecule has 0 radical (unpaired) electrons. The smallest absolute Gasteiger partial charge is 0.261 e. The zero-order chi connectivity index (χ0) is 13.2. The maximum atomic E-state index is 12.1. The second-order valence-corrected chi connectivity index (χ2v) is 6.89. The standard InChI is InChI=1S/C15H21NO2S/c17-9-12-5-1-4-11(12)8-16-15(18)14-7-10-3-2-6-13(10)19-14/h7,11-12,17H,1-6,8-9H2,(H,16,18). The van der Waals surface area contributed by atoms with Gasteiger partial charge in [0.1, 0.15) is 0 Å². The highest BCUT2D eigenvalue weighted by molar-refractivity contribution is 7.14. The second-order valence-electron chi connectivity index (χ2n) is 5.76. The summed E-state index contributed by atoms with van der Waals surface area (Å²) in [4.78, 5) is 14.4. The van der Waals surface area contributed by atoms with Gasteiger partial charge in [-0.15, -0.1) is 11.3 Å². The second kappa shape index (κ2) is 5.63. The molecule has 2 aliphatic carbocycles. The third kappa shape index (κ3) is 2.70. The Morgan fingerprint density at radius 2 is 2.16 bits per heavy atom. The van der Waals surface area contributed by atoms with Gasteiger partial charge in [-0.1, -0.05) is 6.42 Å². The molecule has 2 unspecified atom stereocenters. The number of thiophene rings is 1. The van der Waals surface area contributed by atoms with Crippen LogP contribution in [-0.4, -0.2) is 24.2 Å². The molecule has 0 bridgehead atoms. The van der Waals surface area contributed by atoms with E-state index in [2.05, 4.69) is 11.4 Å². The average molecular weight is 279 g/mol. The predicted molar refractivity (Wildman–Crippen MR) is 76.6 cm³/mol. The van der Waals surface area contributed by atoms with Gasteiger partial charge in [0.2, 0.25) is 0 Å². The highest BCUT2D eigenvalue weighted by Gasteiger charge is 2.27. The average Bonchev–Trinajstić information content (AvgIpc) is 3.09. The monoisotopic (exact) mass is 279 g/mol. The van der Waals surface area contributed by atoms with Gasteiger partial charge in [-0.25, -0.2) is 0 Å². The number of carbonyl (C=O) groups is 1. The van der Waals surface area contributed by atoms with E-state index in [4.69, 9.17) is 0 Å². The number of fused-ring (bicyclic) bond motifs is 1. The number of hydrogen-bond acceptors (Lipinski definition) is 3. The number of rotatable bonds is 4. The van der Waals surface area contributed by atoms with E-state index in [0.29, 0.717) is 18.4 Å². The van der Waals surface area contributed by atoms with Crippen molar-refractivity contribution in [3.8, 4) is 0 Å². The zero-order valence-corrected chi connectivity index (χ0v) is 12.0. The lowest BCUT2D eigenvalue weighted by molar-refractivity contribution is 0.0941. The number of hydrogen-bond donors (Lipinski definition) is 2. The first-order chi connectivity index (χ1) is 9.28. The molecular formula is C15H21NO2S. The van der Waals surface area contributed by atoms with Crippen LogP contribution >= 0.6 is 11.3 Å². The van der Waals surface area contributed by atoms with E-state index in [0.717, 1.165) is 30.6 Å². The van der Waals surface area contributed by atoms with Gasteiger partial charge in [0.05, 0.1) is 4.88 Å². The van der Waals surface area contributed by atoms with Crippen LogP contribution in [0, 0.1) is 11.8 Å². The Balaban J connectivity index is 1.56. The molecule has 3 rings (SSSR count). The Labute approximate surface area is 118 Å². The summed E-state index contributed by atoms with van der Waals surface area (Å²) in [5.41, 5.74) is 1.38. The molecule has 2 atom stereocenters. The number of aliphatic hydroxyl groups excluding tert-OH is 1. The van der Waals surface area contributed by atoms with Crippen LogP contribution in [0.4, 0.5) is 0 Å². The third-order valence-corrected chi connectivity index (χ3v) is 5.78. The molecule has 104 valence electrons. The van der Waals surface area contributed by atoms with Crippen LogP contribution in [0.1, 0.15) is 45.8 Å². The first kappa shape index (κ1) is 13.1. The summed E-state index contributed by atoms with van der Waals surface area (Å²) < 4.78 is 0.